The van der Waals surface area contributed by atoms with Gasteiger partial charge in [-0.3, -0.25) is 0 Å². The highest BCUT2D eigenvalue weighted by Crippen LogP contribution is 2.38. The fourth-order valence-electron chi connectivity index (χ4n) is 4.28. The quantitative estimate of drug-likeness (QED) is 0.386. The van der Waals surface area contributed by atoms with E-state index in [9.17, 15) is 8.42 Å². The van der Waals surface area contributed by atoms with Gasteiger partial charge in [0.25, 0.3) is 0 Å². The van der Waals surface area contributed by atoms with Crippen LogP contribution in [0, 0.1) is 6.92 Å². The van der Waals surface area contributed by atoms with Crippen molar-refractivity contribution in [3.63, 3.8) is 0 Å². The lowest BCUT2D eigenvalue weighted by Gasteiger charge is -2.21. The third-order valence-electron chi connectivity index (χ3n) is 6.06. The molecule has 0 aliphatic carbocycles. The number of sulfonamides is 1. The van der Waals surface area contributed by atoms with Gasteiger partial charge in [0.05, 0.1) is 30.8 Å². The summed E-state index contributed by atoms with van der Waals surface area (Å²) in [6, 6.07) is 25.0. The summed E-state index contributed by atoms with van der Waals surface area (Å²) in [7, 11) is -2.02. The predicted octanol–water partition coefficient (Wildman–Crippen LogP) is 4.97. The third kappa shape index (κ3) is 4.57. The maximum atomic E-state index is 12.7. The molecule has 0 fully saturated rings. The summed E-state index contributed by atoms with van der Waals surface area (Å²) in [5.41, 5.74) is 6.05. The van der Waals surface area contributed by atoms with Gasteiger partial charge in [0.1, 0.15) is 11.4 Å². The Hall–Kier alpha value is -3.91. The summed E-state index contributed by atoms with van der Waals surface area (Å²) >= 11 is 0. The molecular formula is C27H26N4O3S. The summed E-state index contributed by atoms with van der Waals surface area (Å²) in [5, 5.41) is 9.51. The molecule has 1 aliphatic heterocycles. The number of hydrogen-bond acceptors (Lipinski definition) is 5. The second-order valence-corrected chi connectivity index (χ2v) is 10.5. The molecule has 178 valence electrons. The van der Waals surface area contributed by atoms with Crippen molar-refractivity contribution in [3.05, 3.63) is 102 Å². The predicted molar refractivity (Wildman–Crippen MR) is 137 cm³/mol. The Morgan fingerprint density at radius 3 is 2.40 bits per heavy atom. The van der Waals surface area contributed by atoms with Crippen LogP contribution in [0.3, 0.4) is 0 Å². The van der Waals surface area contributed by atoms with Crippen LogP contribution in [0.4, 0.5) is 0 Å². The number of methoxy groups -OCH3 is 1. The van der Waals surface area contributed by atoms with Crippen LogP contribution in [0.2, 0.25) is 0 Å². The molecule has 7 nitrogen and oxygen atoms in total. The molecule has 5 rings (SSSR count). The fraction of sp³-hybridized carbons (Fsp3) is 0.185. The van der Waals surface area contributed by atoms with Crippen LogP contribution in [0.1, 0.15) is 29.2 Å². The van der Waals surface area contributed by atoms with Crippen LogP contribution >= 0.6 is 0 Å². The highest BCUT2D eigenvalue weighted by molar-refractivity contribution is 7.88. The van der Waals surface area contributed by atoms with E-state index in [1.807, 2.05) is 96.7 Å². The highest BCUT2D eigenvalue weighted by atomic mass is 32.2. The summed E-state index contributed by atoms with van der Waals surface area (Å²) < 4.78 is 33.9. The van der Waals surface area contributed by atoms with E-state index < -0.39 is 16.1 Å². The highest BCUT2D eigenvalue weighted by Gasteiger charge is 2.36. The molecular weight excluding hydrogens is 460 g/mol. The standard InChI is InChI=1S/C27H26N4O3S/c1-19-12-14-20(15-13-19)27-24(18-30(29-27)22-9-5-4-6-10-22)25-17-26(31(28-25)35(3,32)33)21-8-7-11-23(16-21)34-2/h4-16,18,26H,17H2,1-3H3. The molecule has 35 heavy (non-hydrogen) atoms. The Bertz CT molecular complexity index is 1490. The first-order valence-electron chi connectivity index (χ1n) is 11.3. The molecule has 1 unspecified atom stereocenters. The monoisotopic (exact) mass is 486 g/mol. The van der Waals surface area contributed by atoms with Gasteiger partial charge in [0.15, 0.2) is 0 Å². The number of hydrazone groups is 1. The van der Waals surface area contributed by atoms with Crippen molar-refractivity contribution in [3.8, 4) is 22.7 Å². The van der Waals surface area contributed by atoms with Crippen molar-refractivity contribution in [1.29, 1.82) is 0 Å². The maximum Gasteiger partial charge on any atom is 0.247 e. The van der Waals surface area contributed by atoms with Crippen LogP contribution < -0.4 is 4.74 Å². The maximum absolute atomic E-state index is 12.7. The molecule has 1 aliphatic rings. The molecule has 2 heterocycles. The molecule has 3 aromatic carbocycles. The van der Waals surface area contributed by atoms with E-state index in [4.69, 9.17) is 9.84 Å². The lowest BCUT2D eigenvalue weighted by Crippen LogP contribution is -2.25. The summed E-state index contributed by atoms with van der Waals surface area (Å²) in [4.78, 5) is 0. The largest absolute Gasteiger partial charge is 0.497 e. The van der Waals surface area contributed by atoms with Gasteiger partial charge >= 0.3 is 0 Å². The smallest absolute Gasteiger partial charge is 0.247 e. The zero-order valence-electron chi connectivity index (χ0n) is 19.8. The molecule has 0 amide bonds. The average Bonchev–Trinajstić information content (AvgIpc) is 3.50. The van der Waals surface area contributed by atoms with Gasteiger partial charge in [0.2, 0.25) is 10.0 Å². The topological polar surface area (TPSA) is 76.8 Å². The van der Waals surface area contributed by atoms with E-state index >= 15 is 0 Å². The van der Waals surface area contributed by atoms with Crippen molar-refractivity contribution < 1.29 is 13.2 Å². The zero-order chi connectivity index (χ0) is 24.6. The van der Waals surface area contributed by atoms with Crippen molar-refractivity contribution in [2.24, 2.45) is 5.10 Å². The van der Waals surface area contributed by atoms with E-state index in [0.717, 1.165) is 33.6 Å². The molecule has 1 aromatic heterocycles. The average molecular weight is 487 g/mol. The van der Waals surface area contributed by atoms with E-state index in [1.165, 1.54) is 10.7 Å². The van der Waals surface area contributed by atoms with Crippen molar-refractivity contribution in [2.45, 2.75) is 19.4 Å². The lowest BCUT2D eigenvalue weighted by atomic mass is 9.97. The molecule has 8 heteroatoms. The van der Waals surface area contributed by atoms with Crippen LogP contribution in [0.25, 0.3) is 16.9 Å². The molecule has 0 radical (unpaired) electrons. The van der Waals surface area contributed by atoms with E-state index in [0.29, 0.717) is 17.9 Å². The minimum absolute atomic E-state index is 0.416. The first-order chi connectivity index (χ1) is 16.8. The van der Waals surface area contributed by atoms with E-state index in [-0.39, 0.29) is 0 Å². The molecule has 0 spiro atoms. The molecule has 0 saturated carbocycles. The van der Waals surface area contributed by atoms with Gasteiger partial charge < -0.3 is 4.74 Å². The number of hydrogen-bond donors (Lipinski definition) is 0. The summed E-state index contributed by atoms with van der Waals surface area (Å²) in [5.74, 6) is 0.668. The normalized spacial score (nSPS) is 15.8. The van der Waals surface area contributed by atoms with E-state index in [1.54, 1.807) is 7.11 Å². The van der Waals surface area contributed by atoms with Crippen LogP contribution in [0.15, 0.2) is 90.2 Å². The van der Waals surface area contributed by atoms with Crippen LogP contribution in [-0.4, -0.2) is 41.7 Å². The Morgan fingerprint density at radius 1 is 0.971 bits per heavy atom. The van der Waals surface area contributed by atoms with Crippen LogP contribution in [-0.2, 0) is 10.0 Å². The molecule has 0 saturated heterocycles. The molecule has 4 aromatic rings. The number of benzene rings is 3. The molecule has 1 atom stereocenters. The Kier molecular flexibility index (Phi) is 5.90. The lowest BCUT2D eigenvalue weighted by molar-refractivity contribution is 0.371. The van der Waals surface area contributed by atoms with Crippen LogP contribution in [0.5, 0.6) is 5.75 Å². The Morgan fingerprint density at radius 2 is 1.71 bits per heavy atom. The number of para-hydroxylation sites is 1. The SMILES string of the molecule is COc1cccc(C2CC(c3cn(-c4ccccc4)nc3-c3ccc(C)cc3)=NN2S(C)(=O)=O)c1. The first kappa shape index (κ1) is 22.9. The van der Waals surface area contributed by atoms with Crippen molar-refractivity contribution in [2.75, 3.05) is 13.4 Å². The Labute approximate surface area is 205 Å². The third-order valence-corrected chi connectivity index (χ3v) is 7.08. The summed E-state index contributed by atoms with van der Waals surface area (Å²) in [6.45, 7) is 2.04. The van der Waals surface area contributed by atoms with E-state index in [2.05, 4.69) is 5.10 Å². The number of nitrogens with zero attached hydrogens (tertiary/aromatic N) is 4. The van der Waals surface area contributed by atoms with Gasteiger partial charge in [0, 0.05) is 23.7 Å². The molecule has 0 bridgehead atoms. The van der Waals surface area contributed by atoms with Gasteiger partial charge in [-0.15, -0.1) is 0 Å². The fourth-order valence-corrected chi connectivity index (χ4v) is 5.18. The second kappa shape index (κ2) is 9.03. The van der Waals surface area contributed by atoms with Gasteiger partial charge in [-0.1, -0.05) is 60.2 Å². The number of aryl methyl sites for hydroxylation is 1. The second-order valence-electron chi connectivity index (χ2n) is 8.62. The molecule has 0 N–H and O–H groups in total. The van der Waals surface area contributed by atoms with Crippen molar-refractivity contribution >= 4 is 15.7 Å². The van der Waals surface area contributed by atoms with Gasteiger partial charge in [-0.2, -0.15) is 14.6 Å². The Balaban J connectivity index is 1.63. The minimum Gasteiger partial charge on any atom is -0.497 e. The number of aromatic nitrogens is 2. The summed E-state index contributed by atoms with van der Waals surface area (Å²) in [6.07, 6.45) is 3.53. The minimum atomic E-state index is -3.61. The van der Waals surface area contributed by atoms with Crippen molar-refractivity contribution in [1.82, 2.24) is 14.2 Å². The first-order valence-corrected chi connectivity index (χ1v) is 13.1. The number of ether oxygens (including phenoxy) is 1. The number of rotatable bonds is 6. The van der Waals surface area contributed by atoms with Gasteiger partial charge in [-0.25, -0.2) is 13.1 Å². The van der Waals surface area contributed by atoms with Gasteiger partial charge in [-0.05, 0) is 36.8 Å². The zero-order valence-corrected chi connectivity index (χ0v) is 20.6.